The van der Waals surface area contributed by atoms with Crippen molar-refractivity contribution < 1.29 is 27.8 Å². The van der Waals surface area contributed by atoms with Crippen molar-refractivity contribution in [1.82, 2.24) is 4.98 Å². The molecule has 0 spiro atoms. The summed E-state index contributed by atoms with van der Waals surface area (Å²) in [7, 11) is 0. The van der Waals surface area contributed by atoms with Gasteiger partial charge in [0.1, 0.15) is 6.10 Å². The Bertz CT molecular complexity index is 1130. The maximum atomic E-state index is 12.7. The van der Waals surface area contributed by atoms with E-state index in [1.54, 1.807) is 24.3 Å². The number of pyridine rings is 1. The van der Waals surface area contributed by atoms with Crippen molar-refractivity contribution in [2.45, 2.75) is 25.3 Å². The third-order valence-corrected chi connectivity index (χ3v) is 5.59. The van der Waals surface area contributed by atoms with Crippen LogP contribution in [-0.4, -0.2) is 35.2 Å². The Labute approximate surface area is 188 Å². The average Bonchev–Trinajstić information content (AvgIpc) is 3.26. The molecule has 0 unspecified atom stereocenters. The van der Waals surface area contributed by atoms with E-state index in [-0.39, 0.29) is 18.6 Å². The number of carbonyl (C=O) groups is 1. The van der Waals surface area contributed by atoms with E-state index < -0.39 is 17.6 Å². The summed E-state index contributed by atoms with van der Waals surface area (Å²) in [5.74, 6) is -0.350. The first-order valence-corrected chi connectivity index (χ1v) is 10.3. The Morgan fingerprint density at radius 2 is 1.85 bits per heavy atom. The molecule has 1 aromatic heterocycles. The molecular weight excluding hydrogens is 435 g/mol. The van der Waals surface area contributed by atoms with Crippen LogP contribution in [0.4, 0.5) is 18.9 Å². The monoisotopic (exact) mass is 457 g/mol. The minimum atomic E-state index is -4.44. The van der Waals surface area contributed by atoms with E-state index in [9.17, 15) is 23.1 Å². The molecule has 9 heteroatoms. The van der Waals surface area contributed by atoms with Crippen LogP contribution in [0, 0.1) is 0 Å². The van der Waals surface area contributed by atoms with Crippen LogP contribution in [0.2, 0.25) is 0 Å². The lowest BCUT2D eigenvalue weighted by Gasteiger charge is -2.22. The molecule has 0 aliphatic carbocycles. The van der Waals surface area contributed by atoms with Crippen LogP contribution in [0.3, 0.4) is 0 Å². The molecule has 172 valence electrons. The van der Waals surface area contributed by atoms with Gasteiger partial charge in [0.25, 0.3) is 0 Å². The number of hydrogen-bond donors (Lipinski definition) is 2. The Morgan fingerprint density at radius 1 is 1.12 bits per heavy atom. The SMILES string of the molecule is NC(=O)c1ccc(-c2ccc(N3CC[C@H](Oc4ccc(C(F)(F)F)cn4)C3)c(CO)c2)cc1. The predicted octanol–water partition coefficient (Wildman–Crippen LogP) is 4.02. The van der Waals surface area contributed by atoms with E-state index in [1.807, 2.05) is 18.2 Å². The van der Waals surface area contributed by atoms with Gasteiger partial charge in [-0.1, -0.05) is 18.2 Å². The van der Waals surface area contributed by atoms with Crippen LogP contribution < -0.4 is 15.4 Å². The summed E-state index contributed by atoms with van der Waals surface area (Å²) in [5.41, 5.74) is 8.26. The zero-order chi connectivity index (χ0) is 23.6. The third kappa shape index (κ3) is 5.09. The quantitative estimate of drug-likeness (QED) is 0.584. The van der Waals surface area contributed by atoms with E-state index in [2.05, 4.69) is 9.88 Å². The normalized spacial score (nSPS) is 16.1. The smallest absolute Gasteiger partial charge is 0.417 e. The summed E-state index contributed by atoms with van der Waals surface area (Å²) in [6.45, 7) is 1.03. The van der Waals surface area contributed by atoms with E-state index in [4.69, 9.17) is 10.5 Å². The summed E-state index contributed by atoms with van der Waals surface area (Å²) in [6.07, 6.45) is -3.24. The second-order valence-corrected chi connectivity index (χ2v) is 7.80. The number of hydrogen-bond acceptors (Lipinski definition) is 5. The van der Waals surface area contributed by atoms with Crippen molar-refractivity contribution in [1.29, 1.82) is 0 Å². The van der Waals surface area contributed by atoms with Gasteiger partial charge in [0.05, 0.1) is 18.7 Å². The lowest BCUT2D eigenvalue weighted by Crippen LogP contribution is -2.25. The largest absolute Gasteiger partial charge is 0.472 e. The number of aliphatic hydroxyl groups excluding tert-OH is 1. The molecule has 0 saturated carbocycles. The minimum absolute atomic E-state index is 0.145. The van der Waals surface area contributed by atoms with Crippen LogP contribution in [-0.2, 0) is 12.8 Å². The van der Waals surface area contributed by atoms with Crippen LogP contribution in [0.25, 0.3) is 11.1 Å². The highest BCUT2D eigenvalue weighted by molar-refractivity contribution is 5.93. The number of anilines is 1. The van der Waals surface area contributed by atoms with Crippen LogP contribution in [0.1, 0.15) is 27.9 Å². The molecule has 0 radical (unpaired) electrons. The van der Waals surface area contributed by atoms with Gasteiger partial charge >= 0.3 is 6.18 Å². The van der Waals surface area contributed by atoms with E-state index in [1.165, 1.54) is 6.07 Å². The van der Waals surface area contributed by atoms with Crippen molar-refractivity contribution in [3.63, 3.8) is 0 Å². The number of benzene rings is 2. The molecule has 3 aromatic rings. The fraction of sp³-hybridized carbons (Fsp3) is 0.250. The number of nitrogens with two attached hydrogens (primary N) is 1. The summed E-state index contributed by atoms with van der Waals surface area (Å²) >= 11 is 0. The Kier molecular flexibility index (Phi) is 6.24. The Balaban J connectivity index is 1.45. The first kappa shape index (κ1) is 22.6. The summed E-state index contributed by atoms with van der Waals surface area (Å²) in [5, 5.41) is 9.94. The van der Waals surface area contributed by atoms with Gasteiger partial charge in [-0.2, -0.15) is 13.2 Å². The summed E-state index contributed by atoms with van der Waals surface area (Å²) in [4.78, 5) is 17.1. The maximum Gasteiger partial charge on any atom is 0.417 e. The number of aromatic nitrogens is 1. The first-order valence-electron chi connectivity index (χ1n) is 10.3. The number of ether oxygens (including phenoxy) is 1. The highest BCUT2D eigenvalue weighted by atomic mass is 19.4. The maximum absolute atomic E-state index is 12.7. The van der Waals surface area contributed by atoms with Gasteiger partial charge < -0.3 is 20.5 Å². The van der Waals surface area contributed by atoms with Crippen molar-refractivity contribution in [3.05, 3.63) is 77.5 Å². The molecule has 1 saturated heterocycles. The van der Waals surface area contributed by atoms with Crippen LogP contribution in [0.15, 0.2) is 60.8 Å². The van der Waals surface area contributed by atoms with Gasteiger partial charge in [-0.25, -0.2) is 4.98 Å². The number of halogens is 3. The van der Waals surface area contributed by atoms with Crippen molar-refractivity contribution >= 4 is 11.6 Å². The fourth-order valence-corrected chi connectivity index (χ4v) is 3.86. The van der Waals surface area contributed by atoms with Crippen molar-refractivity contribution in [3.8, 4) is 17.0 Å². The lowest BCUT2D eigenvalue weighted by molar-refractivity contribution is -0.137. The molecule has 0 bridgehead atoms. The Hall–Kier alpha value is -3.59. The van der Waals surface area contributed by atoms with Crippen LogP contribution >= 0.6 is 0 Å². The van der Waals surface area contributed by atoms with Gasteiger partial charge in [-0.15, -0.1) is 0 Å². The fourth-order valence-electron chi connectivity index (χ4n) is 3.86. The number of nitrogens with zero attached hydrogens (tertiary/aromatic N) is 2. The summed E-state index contributed by atoms with van der Waals surface area (Å²) in [6, 6.07) is 14.8. The molecule has 1 amide bonds. The molecule has 1 atom stereocenters. The van der Waals surface area contributed by atoms with Gasteiger partial charge in [0.15, 0.2) is 0 Å². The lowest BCUT2D eigenvalue weighted by atomic mass is 10.0. The molecule has 4 rings (SSSR count). The van der Waals surface area contributed by atoms with Gasteiger partial charge in [-0.05, 0) is 41.5 Å². The molecule has 3 N–H and O–H groups in total. The van der Waals surface area contributed by atoms with Crippen LogP contribution in [0.5, 0.6) is 5.88 Å². The van der Waals surface area contributed by atoms with Crippen molar-refractivity contribution in [2.24, 2.45) is 5.73 Å². The van der Waals surface area contributed by atoms with Gasteiger partial charge in [0.2, 0.25) is 11.8 Å². The highest BCUT2D eigenvalue weighted by Gasteiger charge is 2.31. The highest BCUT2D eigenvalue weighted by Crippen LogP contribution is 2.32. The number of alkyl halides is 3. The molecule has 2 heterocycles. The van der Waals surface area contributed by atoms with E-state index in [0.29, 0.717) is 25.1 Å². The molecule has 1 fully saturated rings. The molecular formula is C24H22F3N3O3. The van der Waals surface area contributed by atoms with E-state index >= 15 is 0 Å². The molecule has 1 aliphatic rings. The number of aliphatic hydroxyl groups is 1. The van der Waals surface area contributed by atoms with E-state index in [0.717, 1.165) is 34.6 Å². The number of primary amides is 1. The second kappa shape index (κ2) is 9.11. The third-order valence-electron chi connectivity index (χ3n) is 5.59. The zero-order valence-electron chi connectivity index (χ0n) is 17.5. The first-order chi connectivity index (χ1) is 15.7. The average molecular weight is 457 g/mol. The van der Waals surface area contributed by atoms with Gasteiger partial charge in [-0.3, -0.25) is 4.79 Å². The summed E-state index contributed by atoms with van der Waals surface area (Å²) < 4.78 is 43.9. The standard InChI is InChI=1S/C24H22F3N3O3/c25-24(26,27)19-6-8-22(29-12-19)33-20-9-10-30(13-20)21-7-5-17(11-18(21)14-31)15-1-3-16(4-2-15)23(28)32/h1-8,11-12,20,31H,9-10,13-14H2,(H2,28,32)/t20-/m0/s1. The number of amides is 1. The second-order valence-electron chi connectivity index (χ2n) is 7.80. The minimum Gasteiger partial charge on any atom is -0.472 e. The predicted molar refractivity (Wildman–Crippen MR) is 117 cm³/mol. The van der Waals surface area contributed by atoms with Crippen molar-refractivity contribution in [2.75, 3.05) is 18.0 Å². The number of carbonyl (C=O) groups excluding carboxylic acids is 1. The Morgan fingerprint density at radius 3 is 2.45 bits per heavy atom. The van der Waals surface area contributed by atoms with Gasteiger partial charge in [0, 0.05) is 42.0 Å². The molecule has 33 heavy (non-hydrogen) atoms. The number of rotatable bonds is 6. The molecule has 2 aromatic carbocycles. The zero-order valence-corrected chi connectivity index (χ0v) is 17.5. The topological polar surface area (TPSA) is 88.7 Å². The molecule has 1 aliphatic heterocycles. The molecule has 6 nitrogen and oxygen atoms in total.